The highest BCUT2D eigenvalue weighted by Crippen LogP contribution is 2.21. The first-order valence-corrected chi connectivity index (χ1v) is 4.09. The molecule has 0 aliphatic heterocycles. The zero-order chi connectivity index (χ0) is 9.94. The first-order valence-electron chi connectivity index (χ1n) is 4.09. The molecule has 3 nitrogen and oxygen atoms in total. The molecule has 0 radical (unpaired) electrons. The molecule has 12 heavy (non-hydrogen) atoms. The van der Waals surface area contributed by atoms with Crippen LogP contribution in [0.25, 0.3) is 0 Å². The van der Waals surface area contributed by atoms with Gasteiger partial charge in [0.25, 0.3) is 5.91 Å². The van der Waals surface area contributed by atoms with Crippen molar-refractivity contribution in [2.75, 3.05) is 14.1 Å². The highest BCUT2D eigenvalue weighted by molar-refractivity contribution is 6.37. The van der Waals surface area contributed by atoms with Gasteiger partial charge in [0.15, 0.2) is 0 Å². The molecule has 0 bridgehead atoms. The smallest absolute Gasteiger partial charge is 0.289 e. The van der Waals surface area contributed by atoms with Crippen LogP contribution in [-0.4, -0.2) is 30.7 Å². The van der Waals surface area contributed by atoms with Crippen molar-refractivity contribution >= 4 is 11.7 Å². The third kappa shape index (κ3) is 2.32. The van der Waals surface area contributed by atoms with Gasteiger partial charge in [-0.05, 0) is 6.42 Å². The summed E-state index contributed by atoms with van der Waals surface area (Å²) in [6.45, 7) is 5.48. The summed E-state index contributed by atoms with van der Waals surface area (Å²) in [5.41, 5.74) is -0.526. The molecule has 0 unspecified atom stereocenters. The van der Waals surface area contributed by atoms with E-state index in [2.05, 4.69) is 0 Å². The van der Waals surface area contributed by atoms with Crippen LogP contribution in [0.2, 0.25) is 0 Å². The number of ketones is 1. The minimum absolute atomic E-state index is 0.310. The number of likely N-dealkylation sites (N-methyl/N-ethyl adjacent to an activating group) is 1. The van der Waals surface area contributed by atoms with Crippen LogP contribution in [0.4, 0.5) is 0 Å². The maximum atomic E-state index is 11.4. The molecule has 0 heterocycles. The summed E-state index contributed by atoms with van der Waals surface area (Å²) in [4.78, 5) is 24.0. The molecule has 0 fully saturated rings. The monoisotopic (exact) mass is 171 g/mol. The molecule has 0 rings (SSSR count). The van der Waals surface area contributed by atoms with E-state index in [1.165, 1.54) is 4.90 Å². The second-order valence-electron chi connectivity index (χ2n) is 3.77. The second-order valence-corrected chi connectivity index (χ2v) is 3.77. The lowest BCUT2D eigenvalue weighted by Gasteiger charge is -2.21. The van der Waals surface area contributed by atoms with Gasteiger partial charge in [-0.1, -0.05) is 20.8 Å². The lowest BCUT2D eigenvalue weighted by Crippen LogP contribution is -2.38. The Morgan fingerprint density at radius 2 is 1.67 bits per heavy atom. The molecular weight excluding hydrogens is 154 g/mol. The molecule has 0 aromatic rings. The minimum Gasteiger partial charge on any atom is -0.342 e. The molecule has 0 aliphatic carbocycles. The average Bonchev–Trinajstić information content (AvgIpc) is 2.01. The van der Waals surface area contributed by atoms with E-state index in [9.17, 15) is 9.59 Å². The molecule has 0 aromatic carbocycles. The minimum atomic E-state index is -0.526. The summed E-state index contributed by atoms with van der Waals surface area (Å²) in [5.74, 6) is -0.725. The summed E-state index contributed by atoms with van der Waals surface area (Å²) < 4.78 is 0. The number of nitrogens with zero attached hydrogens (tertiary/aromatic N) is 1. The quantitative estimate of drug-likeness (QED) is 0.596. The van der Waals surface area contributed by atoms with Gasteiger partial charge in [-0.15, -0.1) is 0 Å². The van der Waals surface area contributed by atoms with Crippen molar-refractivity contribution in [2.45, 2.75) is 27.2 Å². The largest absolute Gasteiger partial charge is 0.342 e. The van der Waals surface area contributed by atoms with Crippen LogP contribution in [0.3, 0.4) is 0 Å². The van der Waals surface area contributed by atoms with Gasteiger partial charge in [0, 0.05) is 19.5 Å². The number of rotatable bonds is 3. The van der Waals surface area contributed by atoms with Gasteiger partial charge in [-0.3, -0.25) is 9.59 Å². The third-order valence-electron chi connectivity index (χ3n) is 2.10. The molecule has 0 aromatic heterocycles. The van der Waals surface area contributed by atoms with E-state index in [1.54, 1.807) is 27.9 Å². The van der Waals surface area contributed by atoms with Gasteiger partial charge in [-0.25, -0.2) is 0 Å². The van der Waals surface area contributed by atoms with Gasteiger partial charge in [0.05, 0.1) is 0 Å². The van der Waals surface area contributed by atoms with Crippen molar-refractivity contribution in [1.82, 2.24) is 4.90 Å². The highest BCUT2D eigenvalue weighted by Gasteiger charge is 2.31. The summed E-state index contributed by atoms with van der Waals surface area (Å²) >= 11 is 0. The predicted molar refractivity (Wildman–Crippen MR) is 47.8 cm³/mol. The molecule has 0 aliphatic rings. The predicted octanol–water partition coefficient (Wildman–Crippen LogP) is 1.08. The Bertz CT molecular complexity index is 195. The van der Waals surface area contributed by atoms with Gasteiger partial charge >= 0.3 is 0 Å². The van der Waals surface area contributed by atoms with E-state index in [1.807, 2.05) is 6.92 Å². The zero-order valence-electron chi connectivity index (χ0n) is 8.47. The zero-order valence-corrected chi connectivity index (χ0v) is 8.47. The first kappa shape index (κ1) is 11.1. The fourth-order valence-electron chi connectivity index (χ4n) is 0.653. The molecule has 1 amide bonds. The Morgan fingerprint density at radius 3 is 1.92 bits per heavy atom. The Hall–Kier alpha value is -0.860. The van der Waals surface area contributed by atoms with Crippen LogP contribution < -0.4 is 0 Å². The van der Waals surface area contributed by atoms with Crippen LogP contribution in [0.15, 0.2) is 0 Å². The van der Waals surface area contributed by atoms with Crippen molar-refractivity contribution in [3.8, 4) is 0 Å². The van der Waals surface area contributed by atoms with Gasteiger partial charge in [0.1, 0.15) is 0 Å². The van der Waals surface area contributed by atoms with Crippen LogP contribution in [-0.2, 0) is 9.59 Å². The molecule has 0 saturated carbocycles. The van der Waals surface area contributed by atoms with E-state index in [0.717, 1.165) is 0 Å². The lowest BCUT2D eigenvalue weighted by atomic mass is 9.85. The normalized spacial score (nSPS) is 11.1. The standard InChI is InChI=1S/C9H17NO2/c1-6-9(2,3)7(11)8(12)10(4)5/h6H2,1-5H3. The number of carbonyl (C=O) groups is 2. The van der Waals surface area contributed by atoms with Gasteiger partial charge < -0.3 is 4.90 Å². The number of Topliss-reactive ketones (excluding diaryl/α,β-unsaturated/α-hetero) is 1. The summed E-state index contributed by atoms with van der Waals surface area (Å²) in [7, 11) is 3.18. The molecule has 0 N–H and O–H groups in total. The van der Waals surface area contributed by atoms with E-state index in [0.29, 0.717) is 6.42 Å². The Labute approximate surface area is 73.7 Å². The number of amides is 1. The maximum absolute atomic E-state index is 11.4. The molecule has 70 valence electrons. The Kier molecular flexibility index (Phi) is 3.43. The molecule has 0 saturated heterocycles. The van der Waals surface area contributed by atoms with Crippen LogP contribution in [0, 0.1) is 5.41 Å². The lowest BCUT2D eigenvalue weighted by molar-refractivity contribution is -0.147. The van der Waals surface area contributed by atoms with Gasteiger partial charge in [0.2, 0.25) is 5.78 Å². The highest BCUT2D eigenvalue weighted by atomic mass is 16.2. The molecule has 3 heteroatoms. The number of hydrogen-bond acceptors (Lipinski definition) is 2. The van der Waals surface area contributed by atoms with Crippen LogP contribution >= 0.6 is 0 Å². The fraction of sp³-hybridized carbons (Fsp3) is 0.778. The van der Waals surface area contributed by atoms with E-state index >= 15 is 0 Å². The summed E-state index contributed by atoms with van der Waals surface area (Å²) in [5, 5.41) is 0. The number of hydrogen-bond donors (Lipinski definition) is 0. The Balaban J connectivity index is 4.50. The Morgan fingerprint density at radius 1 is 1.25 bits per heavy atom. The van der Waals surface area contributed by atoms with E-state index in [4.69, 9.17) is 0 Å². The third-order valence-corrected chi connectivity index (χ3v) is 2.10. The van der Waals surface area contributed by atoms with Crippen molar-refractivity contribution in [3.63, 3.8) is 0 Å². The average molecular weight is 171 g/mol. The molecule has 0 atom stereocenters. The van der Waals surface area contributed by atoms with Crippen molar-refractivity contribution in [3.05, 3.63) is 0 Å². The van der Waals surface area contributed by atoms with Crippen molar-refractivity contribution in [1.29, 1.82) is 0 Å². The van der Waals surface area contributed by atoms with Gasteiger partial charge in [-0.2, -0.15) is 0 Å². The van der Waals surface area contributed by atoms with E-state index < -0.39 is 11.3 Å². The maximum Gasteiger partial charge on any atom is 0.289 e. The van der Waals surface area contributed by atoms with Crippen molar-refractivity contribution in [2.24, 2.45) is 5.41 Å². The first-order chi connectivity index (χ1) is 5.33. The summed E-state index contributed by atoms with van der Waals surface area (Å²) in [6.07, 6.45) is 0.686. The molecular formula is C9H17NO2. The molecule has 0 spiro atoms. The second kappa shape index (κ2) is 3.70. The van der Waals surface area contributed by atoms with E-state index in [-0.39, 0.29) is 5.78 Å². The van der Waals surface area contributed by atoms with Crippen molar-refractivity contribution < 1.29 is 9.59 Å². The van der Waals surface area contributed by atoms with Crippen LogP contribution in [0.1, 0.15) is 27.2 Å². The fourth-order valence-corrected chi connectivity index (χ4v) is 0.653. The SMILES string of the molecule is CCC(C)(C)C(=O)C(=O)N(C)C. The number of carbonyl (C=O) groups excluding carboxylic acids is 2. The van der Waals surface area contributed by atoms with Crippen LogP contribution in [0.5, 0.6) is 0 Å². The topological polar surface area (TPSA) is 37.4 Å². The summed E-state index contributed by atoms with van der Waals surface area (Å²) in [6, 6.07) is 0.